The number of fused-ring (bicyclic) bond motifs is 1. The second-order valence-corrected chi connectivity index (χ2v) is 6.34. The number of aromatic nitrogens is 2. The number of carbonyl (C=O) groups excluding carboxylic acids is 1. The number of nitrogens with one attached hydrogen (secondary N) is 1. The Kier molecular flexibility index (Phi) is 5.45. The molecule has 1 aromatic carbocycles. The highest BCUT2D eigenvalue weighted by Crippen LogP contribution is 2.21. The van der Waals surface area contributed by atoms with Crippen molar-refractivity contribution >= 4 is 5.91 Å². The fourth-order valence-electron chi connectivity index (χ4n) is 3.24. The second kappa shape index (κ2) is 7.76. The molecule has 3 rings (SSSR count). The second-order valence-electron chi connectivity index (χ2n) is 6.34. The Morgan fingerprint density at radius 3 is 2.84 bits per heavy atom. The van der Waals surface area contributed by atoms with E-state index in [0.29, 0.717) is 31.7 Å². The quantitative estimate of drug-likeness (QED) is 0.811. The molecule has 0 saturated carbocycles. The molecule has 0 fully saturated rings. The fraction of sp³-hybridized carbons (Fsp3) is 0.444. The lowest BCUT2D eigenvalue weighted by atomic mass is 10.1. The Bertz CT molecular complexity index is 742. The van der Waals surface area contributed by atoms with Crippen LogP contribution in [0.1, 0.15) is 22.5 Å². The molecule has 1 amide bonds. The van der Waals surface area contributed by atoms with Gasteiger partial charge in [-0.25, -0.2) is 4.39 Å². The number of nitrogens with zero attached hydrogens (tertiary/aromatic N) is 3. The first-order valence-electron chi connectivity index (χ1n) is 8.45. The van der Waals surface area contributed by atoms with Gasteiger partial charge in [-0.2, -0.15) is 5.10 Å². The summed E-state index contributed by atoms with van der Waals surface area (Å²) < 4.78 is 14.7. The first-order chi connectivity index (χ1) is 12.1. The van der Waals surface area contributed by atoms with Gasteiger partial charge in [-0.1, -0.05) is 12.1 Å². The number of amides is 1. The van der Waals surface area contributed by atoms with Crippen LogP contribution in [0, 0.1) is 5.82 Å². The molecule has 0 spiro atoms. The van der Waals surface area contributed by atoms with E-state index in [2.05, 4.69) is 15.3 Å². The number of aliphatic hydroxyl groups is 1. The summed E-state index contributed by atoms with van der Waals surface area (Å²) >= 11 is 0. The van der Waals surface area contributed by atoms with Gasteiger partial charge < -0.3 is 10.4 Å². The maximum absolute atomic E-state index is 12.9. The zero-order valence-electron chi connectivity index (χ0n) is 14.3. The van der Waals surface area contributed by atoms with E-state index in [-0.39, 0.29) is 18.3 Å². The summed E-state index contributed by atoms with van der Waals surface area (Å²) in [4.78, 5) is 14.2. The van der Waals surface area contributed by atoms with Gasteiger partial charge in [0.2, 0.25) is 5.91 Å². The van der Waals surface area contributed by atoms with Crippen molar-refractivity contribution < 1.29 is 14.3 Å². The molecular weight excluding hydrogens is 323 g/mol. The van der Waals surface area contributed by atoms with Crippen LogP contribution in [-0.2, 0) is 37.8 Å². The zero-order chi connectivity index (χ0) is 17.8. The number of rotatable bonds is 6. The molecule has 134 valence electrons. The van der Waals surface area contributed by atoms with Crippen LogP contribution in [0.4, 0.5) is 4.39 Å². The smallest absolute Gasteiger partial charge is 0.234 e. The third kappa shape index (κ3) is 4.24. The Morgan fingerprint density at radius 1 is 1.36 bits per heavy atom. The maximum Gasteiger partial charge on any atom is 0.234 e. The average Bonchev–Trinajstić information content (AvgIpc) is 2.92. The molecule has 0 unspecified atom stereocenters. The normalized spacial score (nSPS) is 14.4. The Hall–Kier alpha value is -2.25. The van der Waals surface area contributed by atoms with E-state index in [1.165, 1.54) is 12.1 Å². The number of hydrogen-bond acceptors (Lipinski definition) is 4. The lowest BCUT2D eigenvalue weighted by Crippen LogP contribution is -2.40. The topological polar surface area (TPSA) is 70.4 Å². The third-order valence-electron chi connectivity index (χ3n) is 4.57. The molecule has 6 nitrogen and oxygen atoms in total. The van der Waals surface area contributed by atoms with E-state index < -0.39 is 0 Å². The molecule has 0 saturated heterocycles. The third-order valence-corrected chi connectivity index (χ3v) is 4.57. The van der Waals surface area contributed by atoms with Crippen LogP contribution in [-0.4, -0.2) is 45.3 Å². The highest BCUT2D eigenvalue weighted by Gasteiger charge is 2.24. The minimum absolute atomic E-state index is 0.0278. The average molecular weight is 346 g/mol. The van der Waals surface area contributed by atoms with Gasteiger partial charge >= 0.3 is 0 Å². The summed E-state index contributed by atoms with van der Waals surface area (Å²) in [5.74, 6) is -0.282. The van der Waals surface area contributed by atoms with Gasteiger partial charge in [0.15, 0.2) is 0 Å². The number of benzene rings is 1. The summed E-state index contributed by atoms with van der Waals surface area (Å²) in [6.07, 6.45) is 1.50. The van der Waals surface area contributed by atoms with E-state index in [9.17, 15) is 14.3 Å². The van der Waals surface area contributed by atoms with E-state index in [1.807, 2.05) is 11.7 Å². The highest BCUT2D eigenvalue weighted by molar-refractivity contribution is 5.78. The molecule has 0 radical (unpaired) electrons. The SMILES string of the molecule is Cn1nc(CO)c2c1CCN(CC(=O)NCCc1ccc(F)cc1)C2. The van der Waals surface area contributed by atoms with Gasteiger partial charge in [0.05, 0.1) is 18.8 Å². The summed E-state index contributed by atoms with van der Waals surface area (Å²) in [6.45, 7) is 2.19. The van der Waals surface area contributed by atoms with E-state index in [0.717, 1.165) is 29.8 Å². The first-order valence-corrected chi connectivity index (χ1v) is 8.45. The van der Waals surface area contributed by atoms with Gasteiger partial charge in [0.25, 0.3) is 0 Å². The maximum atomic E-state index is 12.9. The molecule has 2 N–H and O–H groups in total. The first kappa shape index (κ1) is 17.6. The van der Waals surface area contributed by atoms with Gasteiger partial charge in [-0.15, -0.1) is 0 Å². The summed E-state index contributed by atoms with van der Waals surface area (Å²) in [5, 5.41) is 16.7. The standard InChI is InChI=1S/C18H23FN4O2/c1-22-17-7-9-23(10-15(17)16(12-24)21-22)11-18(25)20-8-6-13-2-4-14(19)5-3-13/h2-5,24H,6-12H2,1H3,(H,20,25). The number of carbonyl (C=O) groups is 1. The van der Waals surface area contributed by atoms with Gasteiger partial charge in [0, 0.05) is 44.4 Å². The minimum Gasteiger partial charge on any atom is -0.390 e. The van der Waals surface area contributed by atoms with Crippen molar-refractivity contribution in [1.29, 1.82) is 0 Å². The number of halogens is 1. The Labute approximate surface area is 146 Å². The van der Waals surface area contributed by atoms with Crippen LogP contribution in [0.15, 0.2) is 24.3 Å². The number of hydrogen-bond donors (Lipinski definition) is 2. The summed E-state index contributed by atoms with van der Waals surface area (Å²) in [5.41, 5.74) is 3.86. The van der Waals surface area contributed by atoms with Crippen molar-refractivity contribution in [2.24, 2.45) is 7.05 Å². The molecule has 0 bridgehead atoms. The summed E-state index contributed by atoms with van der Waals surface area (Å²) in [7, 11) is 1.88. The number of aliphatic hydroxyl groups excluding tert-OH is 1. The molecule has 0 aliphatic carbocycles. The van der Waals surface area contributed by atoms with Crippen LogP contribution >= 0.6 is 0 Å². The van der Waals surface area contributed by atoms with Crippen molar-refractivity contribution in [3.8, 4) is 0 Å². The fourth-order valence-corrected chi connectivity index (χ4v) is 3.24. The molecular formula is C18H23FN4O2. The van der Waals surface area contributed by atoms with Crippen molar-refractivity contribution in [2.45, 2.75) is 26.0 Å². The minimum atomic E-state index is -0.255. The van der Waals surface area contributed by atoms with Gasteiger partial charge in [-0.05, 0) is 24.1 Å². The van der Waals surface area contributed by atoms with Crippen molar-refractivity contribution in [1.82, 2.24) is 20.0 Å². The van der Waals surface area contributed by atoms with Crippen LogP contribution in [0.5, 0.6) is 0 Å². The molecule has 1 aromatic heterocycles. The van der Waals surface area contributed by atoms with Crippen LogP contribution in [0.2, 0.25) is 0 Å². The molecule has 1 aliphatic heterocycles. The molecule has 25 heavy (non-hydrogen) atoms. The van der Waals surface area contributed by atoms with Crippen LogP contribution < -0.4 is 5.32 Å². The highest BCUT2D eigenvalue weighted by atomic mass is 19.1. The van der Waals surface area contributed by atoms with Gasteiger partial charge in [0.1, 0.15) is 5.82 Å². The van der Waals surface area contributed by atoms with Crippen molar-refractivity contribution in [3.05, 3.63) is 52.6 Å². The summed E-state index contributed by atoms with van der Waals surface area (Å²) in [6, 6.07) is 6.31. The van der Waals surface area contributed by atoms with E-state index >= 15 is 0 Å². The van der Waals surface area contributed by atoms with Crippen molar-refractivity contribution in [3.63, 3.8) is 0 Å². The molecule has 7 heteroatoms. The lowest BCUT2D eigenvalue weighted by Gasteiger charge is -2.26. The van der Waals surface area contributed by atoms with E-state index in [4.69, 9.17) is 0 Å². The largest absolute Gasteiger partial charge is 0.390 e. The molecule has 0 atom stereocenters. The van der Waals surface area contributed by atoms with Crippen molar-refractivity contribution in [2.75, 3.05) is 19.6 Å². The monoisotopic (exact) mass is 346 g/mol. The predicted octanol–water partition coefficient (Wildman–Crippen LogP) is 0.768. The molecule has 2 aromatic rings. The van der Waals surface area contributed by atoms with E-state index in [1.54, 1.807) is 12.1 Å². The predicted molar refractivity (Wildman–Crippen MR) is 91.2 cm³/mol. The van der Waals surface area contributed by atoms with Crippen LogP contribution in [0.3, 0.4) is 0 Å². The molecule has 1 aliphatic rings. The number of aryl methyl sites for hydroxylation is 1. The Balaban J connectivity index is 1.47. The van der Waals surface area contributed by atoms with Gasteiger partial charge in [-0.3, -0.25) is 14.4 Å². The molecule has 2 heterocycles. The zero-order valence-corrected chi connectivity index (χ0v) is 14.3. The van der Waals surface area contributed by atoms with Crippen LogP contribution in [0.25, 0.3) is 0 Å². The Morgan fingerprint density at radius 2 is 2.12 bits per heavy atom. The lowest BCUT2D eigenvalue weighted by molar-refractivity contribution is -0.122.